The molecule has 3 rings (SSSR count). The molecule has 0 saturated carbocycles. The maximum Gasteiger partial charge on any atom is 0.180 e. The van der Waals surface area contributed by atoms with E-state index >= 15 is 0 Å². The molecule has 0 fully saturated rings. The molecule has 1 aliphatic rings. The Morgan fingerprint density at radius 2 is 1.53 bits per heavy atom. The molecule has 94 valence electrons. The van der Waals surface area contributed by atoms with Gasteiger partial charge in [0, 0.05) is 17.3 Å². The van der Waals surface area contributed by atoms with Crippen LogP contribution in [0.1, 0.15) is 32.3 Å². The molecule has 5 heteroatoms. The van der Waals surface area contributed by atoms with Gasteiger partial charge in [-0.2, -0.15) is 0 Å². The van der Waals surface area contributed by atoms with Crippen molar-refractivity contribution < 1.29 is 9.59 Å². The highest BCUT2D eigenvalue weighted by Gasteiger charge is 2.40. The molecule has 1 aliphatic carbocycles. The van der Waals surface area contributed by atoms with Gasteiger partial charge in [-0.3, -0.25) is 14.6 Å². The number of benzene rings is 1. The summed E-state index contributed by atoms with van der Waals surface area (Å²) in [6.07, 6.45) is 1.55. The number of rotatable bonds is 1. The van der Waals surface area contributed by atoms with E-state index in [2.05, 4.69) is 4.98 Å². The van der Waals surface area contributed by atoms with Crippen LogP contribution in [0.25, 0.3) is 0 Å². The van der Waals surface area contributed by atoms with E-state index in [-0.39, 0.29) is 21.6 Å². The number of hydrogen-bond acceptors (Lipinski definition) is 3. The molecule has 0 aliphatic heterocycles. The van der Waals surface area contributed by atoms with Crippen molar-refractivity contribution in [2.75, 3.05) is 0 Å². The van der Waals surface area contributed by atoms with E-state index in [4.69, 9.17) is 23.2 Å². The Morgan fingerprint density at radius 3 is 2.00 bits per heavy atom. The first kappa shape index (κ1) is 12.3. The molecular formula is C14H7Cl2NO2. The molecule has 1 aromatic heterocycles. The van der Waals surface area contributed by atoms with E-state index in [1.807, 2.05) is 0 Å². The Labute approximate surface area is 119 Å². The minimum absolute atomic E-state index is 0.267. The van der Waals surface area contributed by atoms with E-state index < -0.39 is 5.92 Å². The molecule has 0 atom stereocenters. The fraction of sp³-hybridized carbons (Fsp3) is 0.0714. The van der Waals surface area contributed by atoms with Crippen molar-refractivity contribution in [3.63, 3.8) is 0 Å². The highest BCUT2D eigenvalue weighted by Crippen LogP contribution is 2.37. The minimum atomic E-state index is -0.884. The number of pyridine rings is 1. The smallest absolute Gasteiger partial charge is 0.180 e. The first-order valence-corrected chi connectivity index (χ1v) is 6.33. The number of ketones is 2. The van der Waals surface area contributed by atoms with Gasteiger partial charge in [0.2, 0.25) is 0 Å². The number of carbonyl (C=O) groups is 2. The van der Waals surface area contributed by atoms with Crippen LogP contribution in [-0.2, 0) is 0 Å². The van der Waals surface area contributed by atoms with E-state index in [1.54, 1.807) is 24.4 Å². The SMILES string of the molecule is O=C1c2cc(Cl)c(Cl)cc2C(=O)C1c1ccccn1. The van der Waals surface area contributed by atoms with Crippen LogP contribution in [0.3, 0.4) is 0 Å². The standard InChI is InChI=1S/C14H7Cl2NO2/c15-9-5-7-8(6-10(9)16)14(19)12(13(7)18)11-3-1-2-4-17-11/h1-6,12H. The summed E-state index contributed by atoms with van der Waals surface area (Å²) in [5.41, 5.74) is 1.08. The van der Waals surface area contributed by atoms with Gasteiger partial charge in [-0.05, 0) is 24.3 Å². The molecule has 0 amide bonds. The zero-order chi connectivity index (χ0) is 13.6. The Balaban J connectivity index is 2.15. The predicted octanol–water partition coefficient (Wildman–Crippen LogP) is 3.55. The molecule has 0 saturated heterocycles. The van der Waals surface area contributed by atoms with Crippen LogP contribution >= 0.6 is 23.2 Å². The quantitative estimate of drug-likeness (QED) is 0.755. The van der Waals surface area contributed by atoms with Crippen LogP contribution in [0.5, 0.6) is 0 Å². The highest BCUT2D eigenvalue weighted by molar-refractivity contribution is 6.43. The molecular weight excluding hydrogens is 285 g/mol. The molecule has 3 nitrogen and oxygen atoms in total. The van der Waals surface area contributed by atoms with Gasteiger partial charge < -0.3 is 0 Å². The van der Waals surface area contributed by atoms with Crippen molar-refractivity contribution in [2.45, 2.75) is 5.92 Å². The molecule has 2 aromatic rings. The fourth-order valence-electron chi connectivity index (χ4n) is 2.20. The van der Waals surface area contributed by atoms with Crippen LogP contribution in [0, 0.1) is 0 Å². The first-order valence-electron chi connectivity index (χ1n) is 5.58. The van der Waals surface area contributed by atoms with Gasteiger partial charge in [0.25, 0.3) is 0 Å². The number of halogens is 2. The van der Waals surface area contributed by atoms with Crippen LogP contribution in [0.15, 0.2) is 36.5 Å². The number of fused-ring (bicyclic) bond motifs is 1. The third-order valence-corrected chi connectivity index (χ3v) is 3.82. The minimum Gasteiger partial charge on any atom is -0.293 e. The van der Waals surface area contributed by atoms with Crippen molar-refractivity contribution in [3.8, 4) is 0 Å². The summed E-state index contributed by atoms with van der Waals surface area (Å²) in [5.74, 6) is -1.44. The lowest BCUT2D eigenvalue weighted by Gasteiger charge is -2.04. The van der Waals surface area contributed by atoms with Gasteiger partial charge in [-0.1, -0.05) is 29.3 Å². The third kappa shape index (κ3) is 1.86. The van der Waals surface area contributed by atoms with E-state index in [9.17, 15) is 9.59 Å². The lowest BCUT2D eigenvalue weighted by atomic mass is 9.99. The Morgan fingerprint density at radius 1 is 0.947 bits per heavy atom. The highest BCUT2D eigenvalue weighted by atomic mass is 35.5. The zero-order valence-electron chi connectivity index (χ0n) is 9.56. The summed E-state index contributed by atoms with van der Waals surface area (Å²) in [6, 6.07) is 8.03. The summed E-state index contributed by atoms with van der Waals surface area (Å²) >= 11 is 11.8. The summed E-state index contributed by atoms with van der Waals surface area (Å²) in [5, 5.41) is 0.534. The van der Waals surface area contributed by atoms with Gasteiger partial charge in [0.05, 0.1) is 15.7 Å². The molecule has 1 heterocycles. The number of aromatic nitrogens is 1. The van der Waals surface area contributed by atoms with Crippen molar-refractivity contribution >= 4 is 34.8 Å². The van der Waals surface area contributed by atoms with Crippen LogP contribution in [-0.4, -0.2) is 16.6 Å². The van der Waals surface area contributed by atoms with Crippen molar-refractivity contribution in [1.29, 1.82) is 0 Å². The average molecular weight is 292 g/mol. The van der Waals surface area contributed by atoms with Crippen molar-refractivity contribution in [3.05, 3.63) is 63.4 Å². The van der Waals surface area contributed by atoms with E-state index in [1.165, 1.54) is 12.1 Å². The molecule has 1 aromatic carbocycles. The van der Waals surface area contributed by atoms with Gasteiger partial charge in [0.1, 0.15) is 5.92 Å². The third-order valence-electron chi connectivity index (χ3n) is 3.10. The summed E-state index contributed by atoms with van der Waals surface area (Å²) < 4.78 is 0. The number of Topliss-reactive ketones (excluding diaryl/α,β-unsaturated/α-hetero) is 2. The topological polar surface area (TPSA) is 47.0 Å². The lowest BCUT2D eigenvalue weighted by molar-refractivity contribution is 0.0888. The number of carbonyl (C=O) groups excluding carboxylic acids is 2. The molecule has 0 bridgehead atoms. The normalized spacial score (nSPS) is 14.8. The summed E-state index contributed by atoms with van der Waals surface area (Å²) in [4.78, 5) is 28.7. The van der Waals surface area contributed by atoms with Crippen molar-refractivity contribution in [1.82, 2.24) is 4.98 Å². The molecule has 0 unspecified atom stereocenters. The Kier molecular flexibility index (Phi) is 2.88. The molecule has 19 heavy (non-hydrogen) atoms. The molecule has 0 spiro atoms. The molecule has 0 N–H and O–H groups in total. The maximum absolute atomic E-state index is 12.3. The van der Waals surface area contributed by atoms with Gasteiger partial charge >= 0.3 is 0 Å². The summed E-state index contributed by atoms with van der Waals surface area (Å²) in [6.45, 7) is 0. The second-order valence-corrected chi connectivity index (χ2v) is 5.04. The Hall–Kier alpha value is -1.71. The Bertz CT molecular complexity index is 657. The van der Waals surface area contributed by atoms with E-state index in [0.29, 0.717) is 16.8 Å². The maximum atomic E-state index is 12.3. The predicted molar refractivity (Wildman–Crippen MR) is 72.1 cm³/mol. The number of nitrogens with zero attached hydrogens (tertiary/aromatic N) is 1. The summed E-state index contributed by atoms with van der Waals surface area (Å²) in [7, 11) is 0. The van der Waals surface area contributed by atoms with Gasteiger partial charge in [-0.25, -0.2) is 0 Å². The van der Waals surface area contributed by atoms with Crippen LogP contribution in [0.2, 0.25) is 10.0 Å². The largest absolute Gasteiger partial charge is 0.293 e. The fourth-order valence-corrected chi connectivity index (χ4v) is 2.53. The monoisotopic (exact) mass is 291 g/mol. The van der Waals surface area contributed by atoms with Crippen LogP contribution in [0.4, 0.5) is 0 Å². The first-order chi connectivity index (χ1) is 9.09. The van der Waals surface area contributed by atoms with E-state index in [0.717, 1.165) is 0 Å². The van der Waals surface area contributed by atoms with Crippen LogP contribution < -0.4 is 0 Å². The lowest BCUT2D eigenvalue weighted by Crippen LogP contribution is -2.14. The average Bonchev–Trinajstić information content (AvgIpc) is 2.64. The van der Waals surface area contributed by atoms with Gasteiger partial charge in [-0.15, -0.1) is 0 Å². The van der Waals surface area contributed by atoms with Gasteiger partial charge in [0.15, 0.2) is 11.6 Å². The molecule has 0 radical (unpaired) electrons. The number of hydrogen-bond donors (Lipinski definition) is 0. The second-order valence-electron chi connectivity index (χ2n) is 4.23. The van der Waals surface area contributed by atoms with Crippen molar-refractivity contribution in [2.24, 2.45) is 0 Å². The second kappa shape index (κ2) is 4.44. The zero-order valence-corrected chi connectivity index (χ0v) is 11.1.